The number of nitrogens with zero attached hydrogens (tertiary/aromatic N) is 2. The Hall–Kier alpha value is -2.58. The van der Waals surface area contributed by atoms with Gasteiger partial charge in [-0.25, -0.2) is 0 Å². The molecule has 0 fully saturated rings. The zero-order chi connectivity index (χ0) is 23.3. The van der Waals surface area contributed by atoms with Crippen molar-refractivity contribution in [3.63, 3.8) is 0 Å². The highest BCUT2D eigenvalue weighted by Crippen LogP contribution is 2.31. The maximum atomic E-state index is 12.6. The van der Waals surface area contributed by atoms with Crippen LogP contribution in [-0.4, -0.2) is 9.86 Å². The van der Waals surface area contributed by atoms with E-state index in [2.05, 4.69) is 11.9 Å². The van der Waals surface area contributed by atoms with E-state index in [0.29, 0.717) is 15.4 Å². The number of carbonyl (C=O) groups is 1. The Kier molecular flexibility index (Phi) is 7.79. The molecule has 0 bridgehead atoms. The van der Waals surface area contributed by atoms with Crippen molar-refractivity contribution >= 4 is 29.0 Å². The highest BCUT2D eigenvalue weighted by atomic mass is 35.5. The first-order chi connectivity index (χ1) is 15.2. The molecule has 0 atom stereocenters. The fourth-order valence-electron chi connectivity index (χ4n) is 2.91. The first-order valence-electron chi connectivity index (χ1n) is 10.0. The van der Waals surface area contributed by atoms with Crippen molar-refractivity contribution in [2.75, 3.05) is 0 Å². The summed E-state index contributed by atoms with van der Waals surface area (Å²) in [6, 6.07) is 11.2. The minimum atomic E-state index is -4.39. The molecule has 0 saturated carbocycles. The third-order valence-corrected chi connectivity index (χ3v) is 6.42. The number of aromatic nitrogens is 1. The average Bonchev–Trinajstić information content (AvgIpc) is 3.01. The van der Waals surface area contributed by atoms with Crippen LogP contribution in [0.3, 0.4) is 0 Å². The standard InChI is InChI=1S/C23H22ClF3N2O2S/c1-3-4-13-29-15(2)21(24)22(32-29)28-20(30)14-16-5-9-18(10-6-16)31-19-11-7-17(8-12-19)23(25,26)27/h5-12H,3-4,13-14H2,1-2H3. The second kappa shape index (κ2) is 10.4. The normalized spacial score (nSPS) is 12.2. The molecule has 0 spiro atoms. The summed E-state index contributed by atoms with van der Waals surface area (Å²) in [6.07, 6.45) is -2.20. The van der Waals surface area contributed by atoms with Gasteiger partial charge in [0.05, 0.1) is 17.0 Å². The van der Waals surface area contributed by atoms with E-state index in [9.17, 15) is 18.0 Å². The smallest absolute Gasteiger partial charge is 0.416 e. The molecule has 2 aromatic carbocycles. The van der Waals surface area contributed by atoms with Crippen molar-refractivity contribution in [1.82, 2.24) is 3.96 Å². The molecule has 3 rings (SSSR count). The van der Waals surface area contributed by atoms with Gasteiger partial charge in [-0.05, 0) is 66.8 Å². The highest BCUT2D eigenvalue weighted by molar-refractivity contribution is 7.04. The van der Waals surface area contributed by atoms with E-state index in [-0.39, 0.29) is 18.1 Å². The molecule has 0 unspecified atom stereocenters. The van der Waals surface area contributed by atoms with Crippen LogP contribution in [0.4, 0.5) is 13.2 Å². The van der Waals surface area contributed by atoms with Crippen LogP contribution in [0.1, 0.15) is 36.6 Å². The second-order valence-corrected chi connectivity index (χ2v) is 8.59. The largest absolute Gasteiger partial charge is 0.457 e. The van der Waals surface area contributed by atoms with Crippen molar-refractivity contribution in [1.29, 1.82) is 0 Å². The Bertz CT molecular complexity index is 1130. The van der Waals surface area contributed by atoms with Gasteiger partial charge in [0.1, 0.15) is 11.5 Å². The molecule has 0 radical (unpaired) electrons. The Morgan fingerprint density at radius 1 is 1.09 bits per heavy atom. The van der Waals surface area contributed by atoms with Crippen LogP contribution in [0.2, 0.25) is 5.02 Å². The first kappa shape index (κ1) is 24.1. The lowest BCUT2D eigenvalue weighted by molar-refractivity contribution is -0.137. The van der Waals surface area contributed by atoms with Crippen molar-refractivity contribution in [2.45, 2.75) is 45.8 Å². The van der Waals surface area contributed by atoms with E-state index in [1.807, 2.05) is 10.9 Å². The van der Waals surface area contributed by atoms with Crippen LogP contribution in [-0.2, 0) is 23.9 Å². The number of hydrogen-bond donors (Lipinski definition) is 0. The molecule has 170 valence electrons. The molecule has 0 saturated heterocycles. The van der Waals surface area contributed by atoms with E-state index >= 15 is 0 Å². The average molecular weight is 483 g/mol. The lowest BCUT2D eigenvalue weighted by Gasteiger charge is -2.09. The fourth-order valence-corrected chi connectivity index (χ4v) is 4.24. The summed E-state index contributed by atoms with van der Waals surface area (Å²) >= 11 is 7.71. The van der Waals surface area contributed by atoms with E-state index in [4.69, 9.17) is 16.3 Å². The van der Waals surface area contributed by atoms with E-state index in [1.54, 1.807) is 24.3 Å². The van der Waals surface area contributed by atoms with Gasteiger partial charge in [-0.15, -0.1) is 0 Å². The van der Waals surface area contributed by atoms with Crippen LogP contribution in [0.5, 0.6) is 11.5 Å². The number of hydrogen-bond acceptors (Lipinski definition) is 3. The molecule has 4 nitrogen and oxygen atoms in total. The molecule has 1 aromatic heterocycles. The molecule has 1 amide bonds. The van der Waals surface area contributed by atoms with Crippen molar-refractivity contribution in [2.24, 2.45) is 4.99 Å². The van der Waals surface area contributed by atoms with Gasteiger partial charge >= 0.3 is 6.18 Å². The number of unbranched alkanes of at least 4 members (excludes halogenated alkanes) is 1. The van der Waals surface area contributed by atoms with Gasteiger partial charge in [0.2, 0.25) is 0 Å². The van der Waals surface area contributed by atoms with Crippen LogP contribution >= 0.6 is 23.1 Å². The van der Waals surface area contributed by atoms with E-state index in [0.717, 1.165) is 42.8 Å². The molecule has 0 aliphatic heterocycles. The number of aryl methyl sites for hydroxylation is 1. The summed E-state index contributed by atoms with van der Waals surface area (Å²) in [4.78, 5) is 16.6. The Labute approximate surface area is 193 Å². The highest BCUT2D eigenvalue weighted by Gasteiger charge is 2.30. The van der Waals surface area contributed by atoms with Gasteiger partial charge in [-0.1, -0.05) is 37.1 Å². The number of carbonyl (C=O) groups excluding carboxylic acids is 1. The first-order valence-corrected chi connectivity index (χ1v) is 11.2. The number of benzene rings is 2. The monoisotopic (exact) mass is 482 g/mol. The quantitative estimate of drug-likeness (QED) is 0.372. The Morgan fingerprint density at radius 2 is 1.69 bits per heavy atom. The van der Waals surface area contributed by atoms with Crippen LogP contribution < -0.4 is 9.41 Å². The van der Waals surface area contributed by atoms with Gasteiger partial charge in [0.25, 0.3) is 5.91 Å². The minimum absolute atomic E-state index is 0.1000. The summed E-state index contributed by atoms with van der Waals surface area (Å²) < 4.78 is 46.0. The molecular formula is C23H22ClF3N2O2S. The van der Waals surface area contributed by atoms with Crippen LogP contribution in [0.25, 0.3) is 0 Å². The summed E-state index contributed by atoms with van der Waals surface area (Å²) in [7, 11) is 0. The summed E-state index contributed by atoms with van der Waals surface area (Å²) in [6.45, 7) is 4.87. The number of rotatable bonds is 7. The SMILES string of the molecule is CCCCn1sc(=NC(=O)Cc2ccc(Oc3ccc(C(F)(F)F)cc3)cc2)c(Cl)c1C. The van der Waals surface area contributed by atoms with Crippen molar-refractivity contribution in [3.05, 3.63) is 75.0 Å². The maximum absolute atomic E-state index is 12.6. The zero-order valence-electron chi connectivity index (χ0n) is 17.6. The molecular weight excluding hydrogens is 461 g/mol. The van der Waals surface area contributed by atoms with E-state index < -0.39 is 11.7 Å². The number of ether oxygens (including phenoxy) is 1. The topological polar surface area (TPSA) is 43.6 Å². The summed E-state index contributed by atoms with van der Waals surface area (Å²) in [5.74, 6) is 0.426. The van der Waals surface area contributed by atoms with Crippen molar-refractivity contribution in [3.8, 4) is 11.5 Å². The Balaban J connectivity index is 1.64. The predicted molar refractivity (Wildman–Crippen MR) is 119 cm³/mol. The Morgan fingerprint density at radius 3 is 2.25 bits per heavy atom. The second-order valence-electron chi connectivity index (χ2n) is 7.20. The fraction of sp³-hybridized carbons (Fsp3) is 0.304. The molecule has 3 aromatic rings. The lowest BCUT2D eigenvalue weighted by atomic mass is 10.1. The lowest BCUT2D eigenvalue weighted by Crippen LogP contribution is -2.06. The van der Waals surface area contributed by atoms with Crippen LogP contribution in [0.15, 0.2) is 53.5 Å². The van der Waals surface area contributed by atoms with Gasteiger partial charge in [0.15, 0.2) is 4.67 Å². The molecule has 0 aliphatic carbocycles. The molecule has 32 heavy (non-hydrogen) atoms. The minimum Gasteiger partial charge on any atom is -0.457 e. The maximum Gasteiger partial charge on any atom is 0.416 e. The number of alkyl halides is 3. The summed E-state index contributed by atoms with van der Waals surface area (Å²) in [5, 5.41) is 0.500. The number of amides is 1. The van der Waals surface area contributed by atoms with E-state index in [1.165, 1.54) is 23.7 Å². The molecule has 1 heterocycles. The third-order valence-electron chi connectivity index (χ3n) is 4.71. The predicted octanol–water partition coefficient (Wildman–Crippen LogP) is 6.79. The van der Waals surface area contributed by atoms with Gasteiger partial charge in [-0.2, -0.15) is 18.2 Å². The van der Waals surface area contributed by atoms with Gasteiger partial charge < -0.3 is 4.74 Å². The molecule has 9 heteroatoms. The van der Waals surface area contributed by atoms with Crippen molar-refractivity contribution < 1.29 is 22.7 Å². The third kappa shape index (κ3) is 6.23. The molecule has 0 aliphatic rings. The molecule has 0 N–H and O–H groups in total. The number of halogens is 4. The van der Waals surface area contributed by atoms with Crippen LogP contribution in [0, 0.1) is 6.92 Å². The zero-order valence-corrected chi connectivity index (χ0v) is 19.2. The van der Waals surface area contributed by atoms with Gasteiger partial charge in [-0.3, -0.25) is 8.75 Å². The summed E-state index contributed by atoms with van der Waals surface area (Å²) in [5.41, 5.74) is 0.905. The van der Waals surface area contributed by atoms with Gasteiger partial charge in [0, 0.05) is 12.2 Å².